The zero-order chi connectivity index (χ0) is 15.7. The number of ether oxygens (including phenoxy) is 1. The molecule has 0 saturated heterocycles. The molecule has 2 aromatic carbocycles. The summed E-state index contributed by atoms with van der Waals surface area (Å²) in [5, 5.41) is 0. The topological polar surface area (TPSA) is 43.4 Å². The quantitative estimate of drug-likeness (QED) is 0.860. The first-order chi connectivity index (χ1) is 10.7. The molecule has 0 N–H and O–H groups in total. The molecule has 0 atom stereocenters. The SMILES string of the molecule is CCC1=C(c2cccc(OC)c2)C(=O)c2ccccc2C1=O. The van der Waals surface area contributed by atoms with Crippen molar-refractivity contribution in [2.24, 2.45) is 0 Å². The lowest BCUT2D eigenvalue weighted by Crippen LogP contribution is -2.21. The highest BCUT2D eigenvalue weighted by molar-refractivity contribution is 6.40. The average Bonchev–Trinajstić information content (AvgIpc) is 2.57. The number of hydrogen-bond acceptors (Lipinski definition) is 3. The molecule has 0 aromatic heterocycles. The number of benzene rings is 2. The molecule has 3 heteroatoms. The Kier molecular flexibility index (Phi) is 3.63. The van der Waals surface area contributed by atoms with Crippen LogP contribution in [0.3, 0.4) is 0 Å². The summed E-state index contributed by atoms with van der Waals surface area (Å²) in [4.78, 5) is 25.6. The van der Waals surface area contributed by atoms with Crippen LogP contribution in [0.4, 0.5) is 0 Å². The predicted molar refractivity (Wildman–Crippen MR) is 85.3 cm³/mol. The van der Waals surface area contributed by atoms with E-state index < -0.39 is 0 Å². The third kappa shape index (κ3) is 2.15. The van der Waals surface area contributed by atoms with E-state index in [9.17, 15) is 9.59 Å². The summed E-state index contributed by atoms with van der Waals surface area (Å²) in [5.74, 6) is 0.510. The van der Waals surface area contributed by atoms with E-state index in [1.807, 2.05) is 25.1 Å². The van der Waals surface area contributed by atoms with Gasteiger partial charge in [-0.1, -0.05) is 43.3 Å². The molecule has 0 saturated carbocycles. The molecular formula is C19H16O3. The van der Waals surface area contributed by atoms with Gasteiger partial charge in [0.25, 0.3) is 0 Å². The number of Topliss-reactive ketones (excluding diaryl/α,β-unsaturated/α-hetero) is 2. The van der Waals surface area contributed by atoms with Gasteiger partial charge in [0.2, 0.25) is 0 Å². The number of allylic oxidation sites excluding steroid dienone is 2. The third-order valence-corrected chi connectivity index (χ3v) is 3.93. The number of fused-ring (bicyclic) bond motifs is 1. The minimum atomic E-state index is -0.0969. The number of methoxy groups -OCH3 is 1. The molecule has 0 aliphatic heterocycles. The summed E-state index contributed by atoms with van der Waals surface area (Å²) in [6.45, 7) is 1.90. The summed E-state index contributed by atoms with van der Waals surface area (Å²) in [7, 11) is 1.58. The number of rotatable bonds is 3. The van der Waals surface area contributed by atoms with Crippen molar-refractivity contribution >= 4 is 17.1 Å². The van der Waals surface area contributed by atoms with Crippen molar-refractivity contribution in [2.45, 2.75) is 13.3 Å². The lowest BCUT2D eigenvalue weighted by molar-refractivity contribution is 0.0989. The van der Waals surface area contributed by atoms with Crippen LogP contribution in [0.15, 0.2) is 54.1 Å². The summed E-state index contributed by atoms with van der Waals surface area (Å²) in [5.41, 5.74) is 2.75. The van der Waals surface area contributed by atoms with Crippen LogP contribution in [-0.4, -0.2) is 18.7 Å². The molecule has 22 heavy (non-hydrogen) atoms. The first-order valence-corrected chi connectivity index (χ1v) is 7.23. The molecule has 1 aliphatic carbocycles. The number of carbonyl (C=O) groups excluding carboxylic acids is 2. The van der Waals surface area contributed by atoms with E-state index in [0.29, 0.717) is 34.4 Å². The monoisotopic (exact) mass is 292 g/mol. The van der Waals surface area contributed by atoms with Gasteiger partial charge in [0.1, 0.15) is 5.75 Å². The maximum atomic E-state index is 12.9. The van der Waals surface area contributed by atoms with Crippen molar-refractivity contribution in [1.29, 1.82) is 0 Å². The van der Waals surface area contributed by atoms with Crippen molar-refractivity contribution in [1.82, 2.24) is 0 Å². The van der Waals surface area contributed by atoms with E-state index in [-0.39, 0.29) is 11.6 Å². The van der Waals surface area contributed by atoms with Gasteiger partial charge in [-0.15, -0.1) is 0 Å². The van der Waals surface area contributed by atoms with Gasteiger partial charge in [-0.25, -0.2) is 0 Å². The van der Waals surface area contributed by atoms with Crippen molar-refractivity contribution < 1.29 is 14.3 Å². The molecule has 1 aliphatic rings. The Morgan fingerprint density at radius 2 is 1.59 bits per heavy atom. The van der Waals surface area contributed by atoms with E-state index in [1.54, 1.807) is 37.4 Å². The molecule has 0 unspecified atom stereocenters. The van der Waals surface area contributed by atoms with Gasteiger partial charge in [0, 0.05) is 22.3 Å². The molecule has 0 heterocycles. The smallest absolute Gasteiger partial charge is 0.194 e. The molecule has 2 aromatic rings. The lowest BCUT2D eigenvalue weighted by atomic mass is 9.80. The van der Waals surface area contributed by atoms with E-state index in [2.05, 4.69) is 0 Å². The molecule has 0 spiro atoms. The largest absolute Gasteiger partial charge is 0.497 e. The van der Waals surface area contributed by atoms with E-state index in [1.165, 1.54) is 0 Å². The number of ketones is 2. The zero-order valence-corrected chi connectivity index (χ0v) is 12.6. The molecular weight excluding hydrogens is 276 g/mol. The molecule has 110 valence electrons. The van der Waals surface area contributed by atoms with Crippen molar-refractivity contribution in [3.05, 3.63) is 70.8 Å². The van der Waals surface area contributed by atoms with Gasteiger partial charge in [0.15, 0.2) is 11.6 Å². The first-order valence-electron chi connectivity index (χ1n) is 7.23. The second kappa shape index (κ2) is 5.60. The Bertz CT molecular complexity index is 800. The molecule has 0 amide bonds. The van der Waals surface area contributed by atoms with Crippen LogP contribution in [0.5, 0.6) is 5.75 Å². The Morgan fingerprint density at radius 1 is 0.909 bits per heavy atom. The second-order valence-corrected chi connectivity index (χ2v) is 5.14. The first kappa shape index (κ1) is 14.3. The van der Waals surface area contributed by atoms with Crippen LogP contribution in [-0.2, 0) is 0 Å². The van der Waals surface area contributed by atoms with E-state index in [4.69, 9.17) is 4.74 Å². The van der Waals surface area contributed by atoms with Crippen LogP contribution in [0.25, 0.3) is 5.57 Å². The van der Waals surface area contributed by atoms with Gasteiger partial charge < -0.3 is 4.74 Å². The number of hydrogen-bond donors (Lipinski definition) is 0. The van der Waals surface area contributed by atoms with Gasteiger partial charge in [0.05, 0.1) is 7.11 Å². The number of carbonyl (C=O) groups is 2. The molecule has 3 nitrogen and oxygen atoms in total. The predicted octanol–water partition coefficient (Wildman–Crippen LogP) is 3.94. The Morgan fingerprint density at radius 3 is 2.23 bits per heavy atom. The minimum Gasteiger partial charge on any atom is -0.497 e. The van der Waals surface area contributed by atoms with Crippen LogP contribution < -0.4 is 4.74 Å². The van der Waals surface area contributed by atoms with E-state index >= 15 is 0 Å². The standard InChI is InChI=1S/C19H16O3/c1-3-14-17(12-7-6-8-13(11-12)22-2)19(21)16-10-5-4-9-15(16)18(14)20/h4-11H,3H2,1-2H3. The molecule has 0 bridgehead atoms. The lowest BCUT2D eigenvalue weighted by Gasteiger charge is -2.20. The Hall–Kier alpha value is -2.68. The maximum Gasteiger partial charge on any atom is 0.194 e. The van der Waals surface area contributed by atoms with Gasteiger partial charge in [-0.3, -0.25) is 9.59 Å². The molecule has 3 rings (SSSR count). The van der Waals surface area contributed by atoms with Gasteiger partial charge in [-0.05, 0) is 24.1 Å². The summed E-state index contributed by atoms with van der Waals surface area (Å²) in [6, 6.07) is 14.3. The van der Waals surface area contributed by atoms with E-state index in [0.717, 1.165) is 5.56 Å². The Balaban J connectivity index is 2.24. The van der Waals surface area contributed by atoms with Crippen molar-refractivity contribution in [3.63, 3.8) is 0 Å². The Labute approximate surface area is 129 Å². The van der Waals surface area contributed by atoms with Gasteiger partial charge >= 0.3 is 0 Å². The molecule has 0 fully saturated rings. The highest BCUT2D eigenvalue weighted by atomic mass is 16.5. The molecule has 0 radical (unpaired) electrons. The average molecular weight is 292 g/mol. The third-order valence-electron chi connectivity index (χ3n) is 3.93. The van der Waals surface area contributed by atoms with Crippen LogP contribution in [0.1, 0.15) is 39.6 Å². The fourth-order valence-corrected chi connectivity index (χ4v) is 2.85. The summed E-state index contributed by atoms with van der Waals surface area (Å²) in [6.07, 6.45) is 0.519. The highest BCUT2D eigenvalue weighted by Crippen LogP contribution is 2.34. The maximum absolute atomic E-state index is 12.9. The minimum absolute atomic E-state index is 0.0597. The van der Waals surface area contributed by atoms with Gasteiger partial charge in [-0.2, -0.15) is 0 Å². The van der Waals surface area contributed by atoms with Crippen LogP contribution in [0.2, 0.25) is 0 Å². The summed E-state index contributed by atoms with van der Waals surface area (Å²) >= 11 is 0. The normalized spacial score (nSPS) is 14.1. The van der Waals surface area contributed by atoms with Crippen molar-refractivity contribution in [3.8, 4) is 5.75 Å². The highest BCUT2D eigenvalue weighted by Gasteiger charge is 2.31. The second-order valence-electron chi connectivity index (χ2n) is 5.14. The summed E-state index contributed by atoms with van der Waals surface area (Å²) < 4.78 is 5.23. The fourth-order valence-electron chi connectivity index (χ4n) is 2.85. The fraction of sp³-hybridized carbons (Fsp3) is 0.158. The van der Waals surface area contributed by atoms with Crippen molar-refractivity contribution in [2.75, 3.05) is 7.11 Å². The van der Waals surface area contributed by atoms with Crippen LogP contribution >= 0.6 is 0 Å². The van der Waals surface area contributed by atoms with Crippen LogP contribution in [0, 0.1) is 0 Å². The zero-order valence-electron chi connectivity index (χ0n) is 12.6.